The molecule has 3 heterocycles. The summed E-state index contributed by atoms with van der Waals surface area (Å²) in [5, 5.41) is 9.94. The minimum absolute atomic E-state index is 0.237. The molecular weight excluding hydrogens is 364 g/mol. The van der Waals surface area contributed by atoms with E-state index in [1.165, 1.54) is 32.1 Å². The van der Waals surface area contributed by atoms with Crippen molar-refractivity contribution in [2.45, 2.75) is 38.0 Å². The fourth-order valence-corrected chi connectivity index (χ4v) is 3.98. The molecule has 0 unspecified atom stereocenters. The number of nitrogens with zero attached hydrogens (tertiary/aromatic N) is 3. The Bertz CT molecular complexity index is 1140. The van der Waals surface area contributed by atoms with Crippen LogP contribution in [0.3, 0.4) is 0 Å². The molecule has 1 aliphatic carbocycles. The Morgan fingerprint density at radius 3 is 2.83 bits per heavy atom. The van der Waals surface area contributed by atoms with Crippen LogP contribution in [0.5, 0.6) is 0 Å². The summed E-state index contributed by atoms with van der Waals surface area (Å²) in [6, 6.07) is 11.2. The number of pyridine rings is 1. The van der Waals surface area contributed by atoms with E-state index in [9.17, 15) is 4.79 Å². The van der Waals surface area contributed by atoms with E-state index < -0.39 is 0 Å². The Morgan fingerprint density at radius 1 is 1.10 bits per heavy atom. The number of hydrogen-bond donors (Lipinski definition) is 3. The summed E-state index contributed by atoms with van der Waals surface area (Å²) in [5.74, 6) is 1.35. The third-order valence-corrected chi connectivity index (χ3v) is 5.53. The minimum atomic E-state index is -0.237. The fraction of sp³-hybridized carbons (Fsp3) is 0.273. The molecule has 146 valence electrons. The van der Waals surface area contributed by atoms with Gasteiger partial charge in [-0.1, -0.05) is 19.3 Å². The molecule has 0 radical (unpaired) electrons. The summed E-state index contributed by atoms with van der Waals surface area (Å²) in [4.78, 5) is 24.9. The zero-order chi connectivity index (χ0) is 19.6. The van der Waals surface area contributed by atoms with Crippen LogP contribution in [0.1, 0.15) is 54.3 Å². The molecule has 1 fully saturated rings. The molecule has 1 amide bonds. The van der Waals surface area contributed by atoms with Crippen LogP contribution in [0.15, 0.2) is 48.8 Å². The van der Waals surface area contributed by atoms with Crippen LogP contribution in [-0.2, 0) is 0 Å². The number of aromatic nitrogens is 5. The van der Waals surface area contributed by atoms with Gasteiger partial charge in [0.25, 0.3) is 5.91 Å². The molecule has 1 saturated carbocycles. The molecule has 0 atom stereocenters. The van der Waals surface area contributed by atoms with E-state index in [4.69, 9.17) is 4.98 Å². The number of imidazole rings is 1. The number of anilines is 1. The van der Waals surface area contributed by atoms with E-state index in [1.807, 2.05) is 30.3 Å². The highest BCUT2D eigenvalue weighted by molar-refractivity contribution is 6.04. The molecule has 3 N–H and O–H groups in total. The molecule has 0 spiro atoms. The molecule has 1 aromatic carbocycles. The van der Waals surface area contributed by atoms with Crippen LogP contribution in [0, 0.1) is 0 Å². The van der Waals surface area contributed by atoms with Crippen molar-refractivity contribution in [3.63, 3.8) is 0 Å². The molecule has 0 aliphatic heterocycles. The normalized spacial score (nSPS) is 14.9. The van der Waals surface area contributed by atoms with Gasteiger partial charge in [-0.25, -0.2) is 4.98 Å². The predicted molar refractivity (Wildman–Crippen MR) is 112 cm³/mol. The molecule has 4 aromatic rings. The van der Waals surface area contributed by atoms with Crippen LogP contribution in [0.25, 0.3) is 22.3 Å². The summed E-state index contributed by atoms with van der Waals surface area (Å²) >= 11 is 0. The van der Waals surface area contributed by atoms with E-state index in [1.54, 1.807) is 18.5 Å². The van der Waals surface area contributed by atoms with Crippen LogP contribution in [-0.4, -0.2) is 31.1 Å². The zero-order valence-electron chi connectivity index (χ0n) is 16.0. The van der Waals surface area contributed by atoms with E-state index in [0.717, 1.165) is 28.1 Å². The van der Waals surface area contributed by atoms with Gasteiger partial charge in [-0.2, -0.15) is 5.10 Å². The molecule has 7 nitrogen and oxygen atoms in total. The molecular formula is C22H22N6O. The van der Waals surface area contributed by atoms with Gasteiger partial charge in [-0.15, -0.1) is 0 Å². The summed E-state index contributed by atoms with van der Waals surface area (Å²) in [6.45, 7) is 0. The topological polar surface area (TPSA) is 99.3 Å². The lowest BCUT2D eigenvalue weighted by Gasteiger charge is -2.18. The number of nitrogens with one attached hydrogen (secondary N) is 3. The third-order valence-electron chi connectivity index (χ3n) is 5.53. The number of carbonyl (C=O) groups excluding carboxylic acids is 1. The average molecular weight is 386 g/mol. The molecule has 7 heteroatoms. The van der Waals surface area contributed by atoms with Gasteiger partial charge >= 0.3 is 0 Å². The second-order valence-corrected chi connectivity index (χ2v) is 7.55. The first kappa shape index (κ1) is 17.6. The maximum absolute atomic E-state index is 12.6. The summed E-state index contributed by atoms with van der Waals surface area (Å²) in [7, 11) is 0. The van der Waals surface area contributed by atoms with E-state index in [-0.39, 0.29) is 5.91 Å². The molecule has 0 saturated heterocycles. The zero-order valence-corrected chi connectivity index (χ0v) is 16.0. The summed E-state index contributed by atoms with van der Waals surface area (Å²) < 4.78 is 0. The lowest BCUT2D eigenvalue weighted by Crippen LogP contribution is -2.12. The van der Waals surface area contributed by atoms with E-state index in [0.29, 0.717) is 17.3 Å². The van der Waals surface area contributed by atoms with Gasteiger partial charge in [0.05, 0.1) is 16.7 Å². The van der Waals surface area contributed by atoms with Gasteiger partial charge in [0, 0.05) is 29.6 Å². The van der Waals surface area contributed by atoms with Gasteiger partial charge in [-0.3, -0.25) is 14.9 Å². The Kier molecular flexibility index (Phi) is 4.56. The smallest absolute Gasteiger partial charge is 0.273 e. The SMILES string of the molecule is O=C(Nc1ccc2nc(C3CCCCC3)[nH]c2c1)c1cc(-c2cccnc2)n[nH]1. The number of aromatic amines is 2. The van der Waals surface area contributed by atoms with Crippen molar-refractivity contribution in [2.75, 3.05) is 5.32 Å². The summed E-state index contributed by atoms with van der Waals surface area (Å²) in [6.07, 6.45) is 9.68. The Balaban J connectivity index is 1.33. The third kappa shape index (κ3) is 3.63. The highest BCUT2D eigenvalue weighted by Crippen LogP contribution is 2.32. The van der Waals surface area contributed by atoms with Crippen LogP contribution in [0.2, 0.25) is 0 Å². The maximum atomic E-state index is 12.6. The van der Waals surface area contributed by atoms with E-state index in [2.05, 4.69) is 25.5 Å². The Morgan fingerprint density at radius 2 is 2.00 bits per heavy atom. The molecule has 29 heavy (non-hydrogen) atoms. The minimum Gasteiger partial charge on any atom is -0.342 e. The van der Waals surface area contributed by atoms with Gasteiger partial charge in [0.1, 0.15) is 11.5 Å². The number of H-pyrrole nitrogens is 2. The highest BCUT2D eigenvalue weighted by Gasteiger charge is 2.19. The van der Waals surface area contributed by atoms with Gasteiger partial charge in [0.15, 0.2) is 0 Å². The van der Waals surface area contributed by atoms with Crippen LogP contribution >= 0.6 is 0 Å². The predicted octanol–water partition coefficient (Wildman–Crippen LogP) is 4.65. The van der Waals surface area contributed by atoms with Crippen molar-refractivity contribution >= 4 is 22.6 Å². The number of carbonyl (C=O) groups is 1. The average Bonchev–Trinajstić information content (AvgIpc) is 3.42. The van der Waals surface area contributed by atoms with Crippen LogP contribution in [0.4, 0.5) is 5.69 Å². The van der Waals surface area contributed by atoms with Gasteiger partial charge in [-0.05, 0) is 49.2 Å². The van der Waals surface area contributed by atoms with Crippen LogP contribution < -0.4 is 5.32 Å². The van der Waals surface area contributed by atoms with Crippen molar-refractivity contribution in [1.29, 1.82) is 0 Å². The number of rotatable bonds is 4. The molecule has 1 aliphatic rings. The van der Waals surface area contributed by atoms with Crippen molar-refractivity contribution < 1.29 is 4.79 Å². The second kappa shape index (κ2) is 7.50. The van der Waals surface area contributed by atoms with Crippen molar-refractivity contribution in [1.82, 2.24) is 25.1 Å². The fourth-order valence-electron chi connectivity index (χ4n) is 3.98. The lowest BCUT2D eigenvalue weighted by molar-refractivity contribution is 0.102. The second-order valence-electron chi connectivity index (χ2n) is 7.55. The van der Waals surface area contributed by atoms with E-state index >= 15 is 0 Å². The number of benzene rings is 1. The lowest BCUT2D eigenvalue weighted by atomic mass is 9.89. The summed E-state index contributed by atoms with van der Waals surface area (Å²) in [5.41, 5.74) is 4.55. The highest BCUT2D eigenvalue weighted by atomic mass is 16.1. The maximum Gasteiger partial charge on any atom is 0.273 e. The Labute approximate surface area is 168 Å². The van der Waals surface area contributed by atoms with Crippen molar-refractivity contribution in [3.05, 3.63) is 60.3 Å². The largest absolute Gasteiger partial charge is 0.342 e. The number of amides is 1. The van der Waals surface area contributed by atoms with Crippen molar-refractivity contribution in [3.8, 4) is 11.3 Å². The monoisotopic (exact) mass is 386 g/mol. The van der Waals surface area contributed by atoms with Gasteiger partial charge in [0.2, 0.25) is 0 Å². The first-order chi connectivity index (χ1) is 14.3. The van der Waals surface area contributed by atoms with Gasteiger partial charge < -0.3 is 10.3 Å². The standard InChI is InChI=1S/C22H22N6O/c29-22(20-12-18(27-28-20)15-7-4-10-23-13-15)24-16-8-9-17-19(11-16)26-21(25-17)14-5-2-1-3-6-14/h4,7-14H,1-3,5-6H2,(H,24,29)(H,25,26)(H,27,28). The molecule has 0 bridgehead atoms. The Hall–Kier alpha value is -3.48. The first-order valence-corrected chi connectivity index (χ1v) is 10.0. The number of hydrogen-bond acceptors (Lipinski definition) is 4. The van der Waals surface area contributed by atoms with Crippen molar-refractivity contribution in [2.24, 2.45) is 0 Å². The quantitative estimate of drug-likeness (QED) is 0.475. The number of fused-ring (bicyclic) bond motifs is 1. The molecule has 5 rings (SSSR count). The first-order valence-electron chi connectivity index (χ1n) is 10.0. The molecule has 3 aromatic heterocycles.